The van der Waals surface area contributed by atoms with Crippen LogP contribution in [-0.2, 0) is 11.2 Å². The number of rotatable bonds is 7. The van der Waals surface area contributed by atoms with Crippen LogP contribution in [0.15, 0.2) is 24.3 Å². The molecule has 0 bridgehead atoms. The Morgan fingerprint density at radius 2 is 1.84 bits per heavy atom. The Bertz CT molecular complexity index is 362. The van der Waals surface area contributed by atoms with Crippen molar-refractivity contribution in [3.8, 4) is 0 Å². The number of nitrogens with one attached hydrogen (secondary N) is 1. The van der Waals surface area contributed by atoms with E-state index in [-0.39, 0.29) is 12.6 Å². The second-order valence-electron chi connectivity index (χ2n) is 4.44. The molecule has 0 saturated carbocycles. The fourth-order valence-corrected chi connectivity index (χ4v) is 1.70. The van der Waals surface area contributed by atoms with E-state index in [4.69, 9.17) is 0 Å². The highest BCUT2D eigenvalue weighted by Crippen LogP contribution is 2.15. The maximum Gasteiger partial charge on any atom is 0.411 e. The molecule has 0 saturated heterocycles. The van der Waals surface area contributed by atoms with E-state index in [1.54, 1.807) is 0 Å². The highest BCUT2D eigenvalue weighted by Gasteiger charge is 2.27. The zero-order valence-electron chi connectivity index (χ0n) is 11.3. The largest absolute Gasteiger partial charge is 0.411 e. The van der Waals surface area contributed by atoms with E-state index in [1.165, 1.54) is 5.56 Å². The summed E-state index contributed by atoms with van der Waals surface area (Å²) in [5, 5.41) is 3.13. The minimum Gasteiger partial charge on any atom is -0.371 e. The van der Waals surface area contributed by atoms with Crippen molar-refractivity contribution in [2.75, 3.05) is 19.8 Å². The van der Waals surface area contributed by atoms with E-state index in [0.717, 1.165) is 12.0 Å². The van der Waals surface area contributed by atoms with Gasteiger partial charge in [-0.1, -0.05) is 31.2 Å². The zero-order valence-corrected chi connectivity index (χ0v) is 11.3. The lowest BCUT2D eigenvalue weighted by Gasteiger charge is -2.15. The summed E-state index contributed by atoms with van der Waals surface area (Å²) in [6.07, 6.45) is -3.25. The number of aryl methyl sites for hydroxylation is 1. The molecule has 1 unspecified atom stereocenters. The van der Waals surface area contributed by atoms with Crippen molar-refractivity contribution < 1.29 is 17.9 Å². The lowest BCUT2D eigenvalue weighted by atomic mass is 10.1. The number of halogens is 3. The summed E-state index contributed by atoms with van der Waals surface area (Å²) in [6.45, 7) is 3.33. The molecule has 1 aromatic rings. The molecule has 0 spiro atoms. The first-order valence-corrected chi connectivity index (χ1v) is 6.39. The van der Waals surface area contributed by atoms with E-state index in [1.807, 2.05) is 19.1 Å². The average Bonchev–Trinajstić information content (AvgIpc) is 2.37. The minimum absolute atomic E-state index is 0.0525. The highest BCUT2D eigenvalue weighted by atomic mass is 19.4. The lowest BCUT2D eigenvalue weighted by Crippen LogP contribution is -2.26. The third-order valence-electron chi connectivity index (χ3n) is 2.85. The van der Waals surface area contributed by atoms with Gasteiger partial charge < -0.3 is 10.1 Å². The molecular weight excluding hydrogens is 255 g/mol. The molecule has 1 atom stereocenters. The standard InChI is InChI=1S/C14H20F3NO/c1-3-12-4-6-13(7-5-12)11(2)18-8-9-19-10-14(15,16)17/h4-7,11,18H,3,8-10H2,1-2H3. The quantitative estimate of drug-likeness (QED) is 0.769. The van der Waals surface area contributed by atoms with Gasteiger partial charge in [0.25, 0.3) is 0 Å². The van der Waals surface area contributed by atoms with Gasteiger partial charge in [0.1, 0.15) is 6.61 Å². The van der Waals surface area contributed by atoms with Crippen LogP contribution >= 0.6 is 0 Å². The van der Waals surface area contributed by atoms with Crippen LogP contribution in [0.3, 0.4) is 0 Å². The summed E-state index contributed by atoms with van der Waals surface area (Å²) < 4.78 is 40.0. The highest BCUT2D eigenvalue weighted by molar-refractivity contribution is 5.24. The maximum atomic E-state index is 11.8. The zero-order chi connectivity index (χ0) is 14.3. The predicted molar refractivity (Wildman–Crippen MR) is 69.1 cm³/mol. The van der Waals surface area contributed by atoms with Crippen molar-refractivity contribution in [1.29, 1.82) is 0 Å². The smallest absolute Gasteiger partial charge is 0.371 e. The topological polar surface area (TPSA) is 21.3 Å². The van der Waals surface area contributed by atoms with Gasteiger partial charge in [-0.3, -0.25) is 0 Å². The van der Waals surface area contributed by atoms with Crippen LogP contribution in [0.2, 0.25) is 0 Å². The van der Waals surface area contributed by atoms with Crippen molar-refractivity contribution in [2.24, 2.45) is 0 Å². The third-order valence-corrected chi connectivity index (χ3v) is 2.85. The Morgan fingerprint density at radius 1 is 1.21 bits per heavy atom. The van der Waals surface area contributed by atoms with Crippen LogP contribution in [0.5, 0.6) is 0 Å². The van der Waals surface area contributed by atoms with E-state index < -0.39 is 12.8 Å². The third kappa shape index (κ3) is 6.59. The predicted octanol–water partition coefficient (Wildman–Crippen LogP) is 3.48. The van der Waals surface area contributed by atoms with Gasteiger partial charge in [0.05, 0.1) is 6.61 Å². The maximum absolute atomic E-state index is 11.8. The molecule has 1 N–H and O–H groups in total. The van der Waals surface area contributed by atoms with Gasteiger partial charge in [-0.25, -0.2) is 0 Å². The van der Waals surface area contributed by atoms with Gasteiger partial charge in [-0.05, 0) is 24.5 Å². The molecule has 2 nitrogen and oxygen atoms in total. The van der Waals surface area contributed by atoms with Crippen LogP contribution in [-0.4, -0.2) is 25.9 Å². The minimum atomic E-state index is -4.25. The van der Waals surface area contributed by atoms with Crippen molar-refractivity contribution in [3.05, 3.63) is 35.4 Å². The van der Waals surface area contributed by atoms with Gasteiger partial charge in [0.2, 0.25) is 0 Å². The summed E-state index contributed by atoms with van der Waals surface area (Å²) in [5.41, 5.74) is 2.39. The SMILES string of the molecule is CCc1ccc(C(C)NCCOCC(F)(F)F)cc1. The fraction of sp³-hybridized carbons (Fsp3) is 0.571. The summed E-state index contributed by atoms with van der Waals surface area (Å²) in [5.74, 6) is 0. The van der Waals surface area contributed by atoms with Crippen molar-refractivity contribution in [2.45, 2.75) is 32.5 Å². The molecule has 0 aliphatic heterocycles. The van der Waals surface area contributed by atoms with Gasteiger partial charge >= 0.3 is 6.18 Å². The fourth-order valence-electron chi connectivity index (χ4n) is 1.70. The first-order chi connectivity index (χ1) is 8.92. The first-order valence-electron chi connectivity index (χ1n) is 6.39. The molecule has 0 aromatic heterocycles. The normalized spacial score (nSPS) is 13.5. The molecule has 0 aliphatic rings. The van der Waals surface area contributed by atoms with E-state index in [0.29, 0.717) is 6.54 Å². The molecule has 0 heterocycles. The first kappa shape index (κ1) is 16.0. The number of alkyl halides is 3. The molecule has 0 radical (unpaired) electrons. The molecule has 1 aromatic carbocycles. The molecule has 108 valence electrons. The van der Waals surface area contributed by atoms with Gasteiger partial charge in [-0.15, -0.1) is 0 Å². The number of hydrogen-bond acceptors (Lipinski definition) is 2. The molecule has 1 rings (SSSR count). The Hall–Kier alpha value is -1.07. The number of ether oxygens (including phenoxy) is 1. The van der Waals surface area contributed by atoms with E-state index >= 15 is 0 Å². The Balaban J connectivity index is 2.25. The summed E-state index contributed by atoms with van der Waals surface area (Å²) in [4.78, 5) is 0. The molecule has 19 heavy (non-hydrogen) atoms. The molecular formula is C14H20F3NO. The van der Waals surface area contributed by atoms with Gasteiger partial charge in [0.15, 0.2) is 0 Å². The van der Waals surface area contributed by atoms with Crippen molar-refractivity contribution >= 4 is 0 Å². The van der Waals surface area contributed by atoms with Gasteiger partial charge in [-0.2, -0.15) is 13.2 Å². The monoisotopic (exact) mass is 275 g/mol. The Kier molecular flexibility index (Phi) is 6.31. The van der Waals surface area contributed by atoms with Crippen LogP contribution < -0.4 is 5.32 Å². The van der Waals surface area contributed by atoms with Crippen LogP contribution in [0.1, 0.15) is 31.0 Å². The van der Waals surface area contributed by atoms with Gasteiger partial charge in [0, 0.05) is 12.6 Å². The average molecular weight is 275 g/mol. The van der Waals surface area contributed by atoms with E-state index in [2.05, 4.69) is 29.1 Å². The van der Waals surface area contributed by atoms with Crippen LogP contribution in [0, 0.1) is 0 Å². The summed E-state index contributed by atoms with van der Waals surface area (Å²) >= 11 is 0. The van der Waals surface area contributed by atoms with Crippen LogP contribution in [0.4, 0.5) is 13.2 Å². The number of benzene rings is 1. The van der Waals surface area contributed by atoms with E-state index in [9.17, 15) is 13.2 Å². The summed E-state index contributed by atoms with van der Waals surface area (Å²) in [6, 6.07) is 8.29. The molecule has 5 heteroatoms. The second-order valence-corrected chi connectivity index (χ2v) is 4.44. The van der Waals surface area contributed by atoms with Crippen molar-refractivity contribution in [3.63, 3.8) is 0 Å². The number of hydrogen-bond donors (Lipinski definition) is 1. The molecule has 0 amide bonds. The Labute approximate surface area is 112 Å². The lowest BCUT2D eigenvalue weighted by molar-refractivity contribution is -0.173. The Morgan fingerprint density at radius 3 is 2.37 bits per heavy atom. The molecule has 0 aliphatic carbocycles. The summed E-state index contributed by atoms with van der Waals surface area (Å²) in [7, 11) is 0. The van der Waals surface area contributed by atoms with Crippen molar-refractivity contribution in [1.82, 2.24) is 5.32 Å². The van der Waals surface area contributed by atoms with Crippen LogP contribution in [0.25, 0.3) is 0 Å². The second kappa shape index (κ2) is 7.50. The molecule has 0 fully saturated rings.